The number of carbonyl (C=O) groups is 1. The predicted molar refractivity (Wildman–Crippen MR) is 124 cm³/mol. The molecule has 0 bridgehead atoms. The van der Waals surface area contributed by atoms with E-state index >= 15 is 0 Å². The molecule has 2 aromatic carbocycles. The lowest BCUT2D eigenvalue weighted by atomic mass is 9.83. The van der Waals surface area contributed by atoms with Crippen LogP contribution in [0, 0.1) is 5.82 Å². The van der Waals surface area contributed by atoms with E-state index in [1.807, 2.05) is 25.1 Å². The zero-order valence-electron chi connectivity index (χ0n) is 18.2. The van der Waals surface area contributed by atoms with Crippen molar-refractivity contribution in [2.24, 2.45) is 5.16 Å². The minimum Gasteiger partial charge on any atom is -0.384 e. The molecule has 1 spiro atoms. The first-order chi connectivity index (χ1) is 16.4. The fourth-order valence-corrected chi connectivity index (χ4v) is 5.54. The number of hydrogen-bond donors (Lipinski definition) is 0. The molecule has 5 rings (SSSR count). The Bertz CT molecular complexity index is 1230. The van der Waals surface area contributed by atoms with Gasteiger partial charge in [0, 0.05) is 12.0 Å². The molecule has 0 radical (unpaired) electrons. The summed E-state index contributed by atoms with van der Waals surface area (Å²) < 4.78 is 56.9. The molecule has 0 N–H and O–H groups in total. The minimum atomic E-state index is -4.44. The SMILES string of the molecule is CC1(c2cc(Cl)c(F)c(Cl)c2)CC(c2ccc3c(c2)COC32CN(C(=O)CSC(F)(F)F)C2)=NO1. The van der Waals surface area contributed by atoms with Crippen molar-refractivity contribution in [2.75, 3.05) is 18.8 Å². The van der Waals surface area contributed by atoms with Gasteiger partial charge in [-0.1, -0.05) is 40.5 Å². The normalized spacial score (nSPS) is 22.6. The van der Waals surface area contributed by atoms with E-state index < -0.39 is 34.2 Å². The smallest absolute Gasteiger partial charge is 0.384 e. The molecule has 1 fully saturated rings. The van der Waals surface area contributed by atoms with Gasteiger partial charge in [0.05, 0.1) is 41.2 Å². The third-order valence-electron chi connectivity index (χ3n) is 6.49. The quantitative estimate of drug-likeness (QED) is 0.347. The Morgan fingerprint density at radius 2 is 1.89 bits per heavy atom. The maximum absolute atomic E-state index is 13.8. The monoisotopic (exact) mass is 548 g/mol. The van der Waals surface area contributed by atoms with Crippen LogP contribution in [0.15, 0.2) is 35.5 Å². The second-order valence-electron chi connectivity index (χ2n) is 8.93. The van der Waals surface area contributed by atoms with Crippen LogP contribution in [0.25, 0.3) is 0 Å². The number of benzene rings is 2. The molecule has 0 aliphatic carbocycles. The average molecular weight is 549 g/mol. The van der Waals surface area contributed by atoms with Crippen LogP contribution in [-0.4, -0.2) is 40.9 Å². The van der Waals surface area contributed by atoms with Gasteiger partial charge >= 0.3 is 5.51 Å². The molecule has 2 aromatic rings. The van der Waals surface area contributed by atoms with Crippen LogP contribution in [0.1, 0.15) is 35.6 Å². The van der Waals surface area contributed by atoms with Crippen molar-refractivity contribution in [3.05, 3.63) is 68.4 Å². The molecule has 0 aromatic heterocycles. The topological polar surface area (TPSA) is 51.1 Å². The molecule has 186 valence electrons. The summed E-state index contributed by atoms with van der Waals surface area (Å²) in [5.74, 6) is -1.90. The highest BCUT2D eigenvalue weighted by atomic mass is 35.5. The molecule has 1 amide bonds. The van der Waals surface area contributed by atoms with Crippen LogP contribution in [0.5, 0.6) is 0 Å². The van der Waals surface area contributed by atoms with E-state index in [9.17, 15) is 22.4 Å². The number of alkyl halides is 3. The lowest BCUT2D eigenvalue weighted by molar-refractivity contribution is -0.166. The van der Waals surface area contributed by atoms with Crippen LogP contribution in [0.3, 0.4) is 0 Å². The number of nitrogens with zero attached hydrogens (tertiary/aromatic N) is 2. The molecule has 1 unspecified atom stereocenters. The van der Waals surface area contributed by atoms with Gasteiger partial charge in [0.1, 0.15) is 5.60 Å². The third kappa shape index (κ3) is 4.50. The Morgan fingerprint density at radius 1 is 1.20 bits per heavy atom. The third-order valence-corrected chi connectivity index (χ3v) is 7.76. The number of amides is 1. The minimum absolute atomic E-state index is 0.101. The van der Waals surface area contributed by atoms with Gasteiger partial charge in [0.25, 0.3) is 0 Å². The lowest BCUT2D eigenvalue weighted by Gasteiger charge is -2.47. The summed E-state index contributed by atoms with van der Waals surface area (Å²) in [6.07, 6.45) is 0.398. The molecule has 3 aliphatic heterocycles. The number of fused-ring (bicyclic) bond motifs is 2. The second-order valence-corrected chi connectivity index (χ2v) is 10.8. The number of hydrogen-bond acceptors (Lipinski definition) is 5. The summed E-state index contributed by atoms with van der Waals surface area (Å²) in [5.41, 5.74) is -2.09. The summed E-state index contributed by atoms with van der Waals surface area (Å²) in [6, 6.07) is 8.65. The number of oxime groups is 1. The fraction of sp³-hybridized carbons (Fsp3) is 0.391. The summed E-state index contributed by atoms with van der Waals surface area (Å²) in [4.78, 5) is 19.2. The number of ether oxygens (including phenoxy) is 1. The number of likely N-dealkylation sites (tertiary alicyclic amines) is 1. The molecular formula is C23H18Cl2F4N2O3S. The van der Waals surface area contributed by atoms with Crippen LogP contribution >= 0.6 is 35.0 Å². The van der Waals surface area contributed by atoms with Gasteiger partial charge in [-0.2, -0.15) is 13.2 Å². The van der Waals surface area contributed by atoms with Gasteiger partial charge in [-0.15, -0.1) is 0 Å². The highest BCUT2D eigenvalue weighted by Gasteiger charge is 2.52. The van der Waals surface area contributed by atoms with Gasteiger partial charge in [0.2, 0.25) is 5.91 Å². The summed E-state index contributed by atoms with van der Waals surface area (Å²) in [5, 5.41) is 4.04. The molecular weight excluding hydrogens is 531 g/mol. The zero-order valence-corrected chi connectivity index (χ0v) is 20.5. The lowest BCUT2D eigenvalue weighted by Crippen LogP contribution is -2.61. The molecule has 1 atom stereocenters. The molecule has 12 heteroatoms. The largest absolute Gasteiger partial charge is 0.442 e. The van der Waals surface area contributed by atoms with Gasteiger partial charge < -0.3 is 14.5 Å². The first kappa shape index (κ1) is 24.7. The van der Waals surface area contributed by atoms with Gasteiger partial charge in [-0.25, -0.2) is 4.39 Å². The Balaban J connectivity index is 1.28. The Hall–Kier alpha value is -2.01. The van der Waals surface area contributed by atoms with Crippen molar-refractivity contribution in [1.29, 1.82) is 0 Å². The highest BCUT2D eigenvalue weighted by Crippen LogP contribution is 2.45. The maximum atomic E-state index is 13.8. The zero-order chi connectivity index (χ0) is 25.2. The van der Waals surface area contributed by atoms with Crippen molar-refractivity contribution in [2.45, 2.75) is 36.7 Å². The van der Waals surface area contributed by atoms with Crippen LogP contribution < -0.4 is 0 Å². The summed E-state index contributed by atoms with van der Waals surface area (Å²) >= 11 is 11.6. The van der Waals surface area contributed by atoms with E-state index in [-0.39, 0.29) is 34.9 Å². The van der Waals surface area contributed by atoms with Crippen molar-refractivity contribution >= 4 is 46.6 Å². The molecule has 5 nitrogen and oxygen atoms in total. The first-order valence-corrected chi connectivity index (χ1v) is 12.3. The van der Waals surface area contributed by atoms with Gasteiger partial charge in [-0.3, -0.25) is 4.79 Å². The highest BCUT2D eigenvalue weighted by molar-refractivity contribution is 8.00. The van der Waals surface area contributed by atoms with E-state index in [1.54, 1.807) is 0 Å². The average Bonchev–Trinajstić information content (AvgIpc) is 3.35. The fourth-order valence-electron chi connectivity index (χ4n) is 4.58. The molecule has 35 heavy (non-hydrogen) atoms. The Labute approximate surface area is 212 Å². The number of thioether (sulfide) groups is 1. The predicted octanol–water partition coefficient (Wildman–Crippen LogP) is 5.99. The van der Waals surface area contributed by atoms with E-state index in [4.69, 9.17) is 32.8 Å². The van der Waals surface area contributed by atoms with Crippen molar-refractivity contribution in [3.8, 4) is 0 Å². The van der Waals surface area contributed by atoms with Crippen molar-refractivity contribution in [1.82, 2.24) is 4.90 Å². The van der Waals surface area contributed by atoms with Gasteiger partial charge in [-0.05, 0) is 53.6 Å². The van der Waals surface area contributed by atoms with E-state index in [0.29, 0.717) is 24.3 Å². The van der Waals surface area contributed by atoms with Gasteiger partial charge in [0.15, 0.2) is 11.4 Å². The second kappa shape index (κ2) is 8.54. The molecule has 1 saturated heterocycles. The summed E-state index contributed by atoms with van der Waals surface area (Å²) in [7, 11) is 0. The summed E-state index contributed by atoms with van der Waals surface area (Å²) in [6.45, 7) is 2.55. The van der Waals surface area contributed by atoms with Crippen LogP contribution in [0.2, 0.25) is 10.0 Å². The number of carbonyl (C=O) groups excluding carboxylic acids is 1. The number of halogens is 6. The molecule has 0 saturated carbocycles. The molecule has 3 aliphatic rings. The first-order valence-electron chi connectivity index (χ1n) is 10.6. The molecule has 3 heterocycles. The Kier molecular flexibility index (Phi) is 6.02. The maximum Gasteiger partial charge on any atom is 0.442 e. The Morgan fingerprint density at radius 3 is 2.54 bits per heavy atom. The standard InChI is InChI=1S/C23H18Cl2F4N2O3S/c1-21(14-5-16(24)20(26)17(25)6-14)7-18(30-34-21)12-2-3-15-13(4-12)8-33-22(15)10-31(11-22)19(32)9-35-23(27,28)29/h2-6H,7-11H2,1H3. The van der Waals surface area contributed by atoms with Crippen LogP contribution in [0.4, 0.5) is 17.6 Å². The van der Waals surface area contributed by atoms with E-state index in [2.05, 4.69) is 5.16 Å². The van der Waals surface area contributed by atoms with E-state index in [1.165, 1.54) is 17.0 Å². The number of rotatable bonds is 4. The van der Waals surface area contributed by atoms with Crippen LogP contribution in [-0.2, 0) is 32.2 Å². The van der Waals surface area contributed by atoms with Crippen molar-refractivity contribution in [3.63, 3.8) is 0 Å². The van der Waals surface area contributed by atoms with E-state index in [0.717, 1.165) is 16.7 Å². The van der Waals surface area contributed by atoms with Crippen molar-refractivity contribution < 1.29 is 31.9 Å².